The number of halogens is 1. The summed E-state index contributed by atoms with van der Waals surface area (Å²) in [5.74, 6) is -0.982. The predicted molar refractivity (Wildman–Crippen MR) is 275 cm³/mol. The van der Waals surface area contributed by atoms with Gasteiger partial charge in [0, 0.05) is 14.6 Å². The molecule has 5 atom stereocenters. The summed E-state index contributed by atoms with van der Waals surface area (Å²) >= 11 is 4.02. The fourth-order valence-corrected chi connectivity index (χ4v) is 8.83. The van der Waals surface area contributed by atoms with Crippen molar-refractivity contribution in [3.63, 3.8) is 0 Å². The minimum Gasteiger partial charge on any atom is -1.00 e. The Bertz CT molecular complexity index is 1960. The number of hydrogen-bond donors (Lipinski definition) is 2. The van der Waals surface area contributed by atoms with Crippen molar-refractivity contribution in [2.24, 2.45) is 4.40 Å². The molecule has 0 fully saturated rings. The first-order valence-electron chi connectivity index (χ1n) is 20.1. The van der Waals surface area contributed by atoms with Crippen LogP contribution in [-0.2, 0) is 47.2 Å². The van der Waals surface area contributed by atoms with Crippen molar-refractivity contribution in [1.82, 2.24) is 9.44 Å². The zero-order valence-corrected chi connectivity index (χ0v) is 50.3. The number of nitrogens with zero attached hydrogens (tertiary/aromatic N) is 1. The molecule has 65 heavy (non-hydrogen) atoms. The van der Waals surface area contributed by atoms with Gasteiger partial charge < -0.3 is 38.6 Å². The Kier molecular flexibility index (Phi) is 29.2. The quantitative estimate of drug-likeness (QED) is 0.0632. The molecule has 0 unspecified atom stereocenters. The molecule has 0 aliphatic heterocycles. The minimum atomic E-state index is -1.30. The van der Waals surface area contributed by atoms with Crippen molar-refractivity contribution in [3.8, 4) is 0 Å². The number of carbonyl (C=O) groups is 3. The fraction of sp³-hybridized carbons (Fsp3) is 0.622. The molecule has 3 aromatic rings. The zero-order chi connectivity index (χ0) is 48.4. The van der Waals surface area contributed by atoms with Crippen LogP contribution in [0.1, 0.15) is 194 Å². The maximum absolute atomic E-state index is 12.1. The van der Waals surface area contributed by atoms with Crippen LogP contribution in [0.15, 0.2) is 40.8 Å². The molecule has 0 aromatic carbocycles. The van der Waals surface area contributed by atoms with Crippen molar-refractivity contribution in [1.29, 1.82) is 0 Å². The van der Waals surface area contributed by atoms with Crippen LogP contribution in [0, 0.1) is 7.43 Å². The molecule has 20 heteroatoms. The first kappa shape index (κ1) is 68.1. The second-order valence-corrected chi connectivity index (χ2v) is 29.4. The normalized spacial score (nSPS) is 14.5. The summed E-state index contributed by atoms with van der Waals surface area (Å²) < 4.78 is 61.1. The molecule has 0 amide bonds. The number of ether oxygens (including phenoxy) is 3. The molecular formula is C45H74BrMgN3O9S6. The van der Waals surface area contributed by atoms with E-state index in [9.17, 15) is 27.0 Å². The molecule has 3 heterocycles. The third kappa shape index (κ3) is 27.5. The topological polar surface area (TPSA) is 167 Å². The van der Waals surface area contributed by atoms with Crippen LogP contribution >= 0.6 is 34.0 Å². The number of rotatable bonds is 11. The Morgan fingerprint density at radius 3 is 1.11 bits per heavy atom. The molecule has 0 spiro atoms. The number of esters is 3. The van der Waals surface area contributed by atoms with Gasteiger partial charge in [0.2, 0.25) is 0 Å². The molecule has 3 aromatic heterocycles. The van der Waals surface area contributed by atoms with E-state index >= 15 is 0 Å². The van der Waals surface area contributed by atoms with Gasteiger partial charge in [0.1, 0.15) is 42.4 Å². The van der Waals surface area contributed by atoms with Crippen molar-refractivity contribution in [2.75, 3.05) is 0 Å². The van der Waals surface area contributed by atoms with Gasteiger partial charge in [-0.1, -0.05) is 0 Å². The number of nitrogens with one attached hydrogen (secondary N) is 2. The molecule has 2 N–H and O–H groups in total. The number of hydrogen-bond acceptors (Lipinski definition) is 12. The first-order valence-corrected chi connectivity index (χ1v) is 26.0. The third-order valence-electron chi connectivity index (χ3n) is 7.01. The molecule has 0 aliphatic rings. The van der Waals surface area contributed by atoms with Gasteiger partial charge in [-0.15, -0.1) is 34.0 Å². The average Bonchev–Trinajstić information content (AvgIpc) is 3.86. The van der Waals surface area contributed by atoms with Crippen molar-refractivity contribution in [2.45, 2.75) is 182 Å². The zero-order valence-electron chi connectivity index (χ0n) is 42.4. The van der Waals surface area contributed by atoms with Gasteiger partial charge in [-0.25, -0.2) is 36.5 Å². The molecular weight excluding hydrogens is 1020 g/mol. The summed E-state index contributed by atoms with van der Waals surface area (Å²) in [6.07, 6.45) is 1.54. The van der Waals surface area contributed by atoms with E-state index in [0.717, 1.165) is 14.6 Å². The maximum atomic E-state index is 12.1. The molecule has 0 aliphatic carbocycles. The van der Waals surface area contributed by atoms with Gasteiger partial charge in [0.15, 0.2) is 0 Å². The summed E-state index contributed by atoms with van der Waals surface area (Å²) in [5.41, 5.74) is -1.51. The van der Waals surface area contributed by atoms with Crippen molar-refractivity contribution in [3.05, 3.63) is 73.1 Å². The van der Waals surface area contributed by atoms with Gasteiger partial charge in [0.25, 0.3) is 0 Å². The molecule has 368 valence electrons. The van der Waals surface area contributed by atoms with Crippen LogP contribution in [0.3, 0.4) is 0 Å². The predicted octanol–water partition coefficient (Wildman–Crippen LogP) is 8.29. The van der Waals surface area contributed by atoms with Crippen LogP contribution in [0.2, 0.25) is 0 Å². The van der Waals surface area contributed by atoms with Crippen molar-refractivity contribution < 1.29 is 58.2 Å². The van der Waals surface area contributed by atoms with E-state index in [0.29, 0.717) is 14.6 Å². The van der Waals surface area contributed by atoms with Crippen LogP contribution in [-0.4, -0.2) is 90.8 Å². The number of thiophene rings is 3. The standard InChI is InChI=1S/2C15H25NO3S2.C14H21NO3S2.CH3.BrH.Mg/c2*1-10(16-21(18)15(5,6)7)11-8-9-12(20-11)13(17)19-14(2,3)4;1-13(2,3)18-12(16)11-8-7-10(19-11)9-15-20(17)14(4,5)6;;;/h2*8-10,16H,1-7H3;7-9H,1-6H3;1H3;1H;/q;;;-1;;+2/p-1/t10-,21+;10-,21-;20-;;;/m100.../s1. The van der Waals surface area contributed by atoms with Crippen molar-refractivity contribution >= 4 is 114 Å². The van der Waals surface area contributed by atoms with E-state index in [4.69, 9.17) is 14.2 Å². The summed E-state index contributed by atoms with van der Waals surface area (Å²) in [5, 5.41) is 0. The summed E-state index contributed by atoms with van der Waals surface area (Å²) in [4.78, 5) is 40.2. The van der Waals surface area contributed by atoms with Gasteiger partial charge in [-0.2, -0.15) is 4.40 Å². The average molecular weight is 1100 g/mol. The molecule has 12 nitrogen and oxygen atoms in total. The van der Waals surface area contributed by atoms with Crippen LogP contribution in [0.5, 0.6) is 0 Å². The van der Waals surface area contributed by atoms with E-state index in [1.165, 1.54) is 34.0 Å². The SMILES string of the molecule is CC(C)(C)OC(=O)c1ccc(C=N[S@@](=O)C(C)(C)C)s1.C[C@@H](N[S@@](=O)C(C)(C)C)c1ccc(C(=O)OC(C)(C)C)s1.C[C@H](N[S@@](=O)C(C)(C)C)c1ccc(C(=O)OC(C)(C)C)s1.[Br-].[CH3-].[Mg+2]. The minimum absolute atomic E-state index is 0. The first-order chi connectivity index (χ1) is 27.8. The monoisotopic (exact) mass is 1100 g/mol. The van der Waals surface area contributed by atoms with Gasteiger partial charge in [-0.3, -0.25) is 0 Å². The molecule has 3 rings (SSSR count). The summed E-state index contributed by atoms with van der Waals surface area (Å²) in [7, 11) is -3.58. The van der Waals surface area contributed by atoms with Gasteiger partial charge >= 0.3 is 41.0 Å². The molecule has 0 bridgehead atoms. The van der Waals surface area contributed by atoms with Crippen LogP contribution in [0.4, 0.5) is 0 Å². The largest absolute Gasteiger partial charge is 2.00 e. The van der Waals surface area contributed by atoms with E-state index in [2.05, 4.69) is 13.8 Å². The fourth-order valence-electron chi connectivity index (χ4n) is 3.96. The number of carbonyl (C=O) groups excluding carboxylic acids is 3. The Hall–Kier alpha value is -1.20. The Labute approximate surface area is 437 Å². The Morgan fingerprint density at radius 1 is 0.538 bits per heavy atom. The summed E-state index contributed by atoms with van der Waals surface area (Å²) in [6, 6.07) is 10.6. The third-order valence-corrected chi connectivity index (χ3v) is 15.2. The molecule has 0 saturated heterocycles. The second-order valence-electron chi connectivity index (χ2n) is 20.1. The smallest absolute Gasteiger partial charge is 1.00 e. The van der Waals surface area contributed by atoms with E-state index in [-0.39, 0.29) is 91.7 Å². The van der Waals surface area contributed by atoms with Gasteiger partial charge in [0.05, 0.1) is 54.5 Å². The van der Waals surface area contributed by atoms with Gasteiger partial charge in [-0.05, 0) is 175 Å². The Morgan fingerprint density at radius 2 is 0.831 bits per heavy atom. The van der Waals surface area contributed by atoms with Crippen LogP contribution in [0.25, 0.3) is 0 Å². The van der Waals surface area contributed by atoms with E-state index < -0.39 is 49.8 Å². The van der Waals surface area contributed by atoms with E-state index in [1.54, 1.807) is 30.5 Å². The second kappa shape index (κ2) is 27.8. The van der Waals surface area contributed by atoms with Crippen LogP contribution < -0.4 is 26.4 Å². The van der Waals surface area contributed by atoms with E-state index in [1.807, 2.05) is 151 Å². The summed E-state index contributed by atoms with van der Waals surface area (Å²) in [6.45, 7) is 37.5. The Balaban J connectivity index is -0.000000867. The molecule has 0 radical (unpaired) electrons. The maximum Gasteiger partial charge on any atom is 2.00 e. The molecule has 0 saturated carbocycles.